The van der Waals surface area contributed by atoms with Gasteiger partial charge in [0.05, 0.1) is 6.54 Å². The fraction of sp³-hybridized carbons (Fsp3) is 0.333. The smallest absolute Gasteiger partial charge is 0.139 e. The summed E-state index contributed by atoms with van der Waals surface area (Å²) >= 11 is 0. The number of nitrogens with zero attached hydrogens (tertiary/aromatic N) is 4. The first-order valence-corrected chi connectivity index (χ1v) is 7.95. The summed E-state index contributed by atoms with van der Waals surface area (Å²) in [6, 6.07) is 5.86. The number of fused-ring (bicyclic) bond motifs is 1. The van der Waals surface area contributed by atoms with Crippen molar-refractivity contribution < 1.29 is 4.79 Å². The lowest BCUT2D eigenvalue weighted by molar-refractivity contribution is -0.118. The van der Waals surface area contributed by atoms with E-state index in [9.17, 15) is 4.79 Å². The second-order valence-electron chi connectivity index (χ2n) is 6.13. The molecule has 1 aliphatic rings. The topological polar surface area (TPSA) is 84.5 Å². The number of ketones is 1. The molecule has 24 heavy (non-hydrogen) atoms. The standard InChI is InChI=1S/C18H21N5O/c1-23(2)18-12(4-3-7-20-18)5-6-15(24)9-14-8-13-10-22-17(19)16(13)11-21-14/h3-4,7-8,11H,5-6,9-10H2,1-2H3,(H2,19,22). The molecule has 0 fully saturated rings. The molecule has 0 bridgehead atoms. The fourth-order valence-corrected chi connectivity index (χ4v) is 2.85. The Kier molecular flexibility index (Phi) is 4.55. The Morgan fingerprint density at radius 1 is 1.33 bits per heavy atom. The number of pyridine rings is 2. The minimum atomic E-state index is 0.169. The van der Waals surface area contributed by atoms with Gasteiger partial charge >= 0.3 is 0 Å². The molecule has 2 N–H and O–H groups in total. The van der Waals surface area contributed by atoms with E-state index < -0.39 is 0 Å². The summed E-state index contributed by atoms with van der Waals surface area (Å²) in [5, 5.41) is 0. The molecule has 3 heterocycles. The van der Waals surface area contributed by atoms with Gasteiger partial charge in [0, 0.05) is 50.6 Å². The Balaban J connectivity index is 1.61. The van der Waals surface area contributed by atoms with Gasteiger partial charge in [-0.25, -0.2) is 4.98 Å². The highest BCUT2D eigenvalue weighted by molar-refractivity contribution is 6.00. The first kappa shape index (κ1) is 16.1. The summed E-state index contributed by atoms with van der Waals surface area (Å²) in [5.41, 5.74) is 9.58. The van der Waals surface area contributed by atoms with Crippen LogP contribution < -0.4 is 10.6 Å². The molecule has 6 heteroatoms. The van der Waals surface area contributed by atoms with Crippen molar-refractivity contribution in [2.24, 2.45) is 10.7 Å². The molecule has 0 unspecified atom stereocenters. The van der Waals surface area contributed by atoms with Crippen molar-refractivity contribution in [2.75, 3.05) is 19.0 Å². The van der Waals surface area contributed by atoms with Crippen LogP contribution in [-0.2, 0) is 24.2 Å². The van der Waals surface area contributed by atoms with E-state index in [1.165, 1.54) is 0 Å². The summed E-state index contributed by atoms with van der Waals surface area (Å²) in [4.78, 5) is 27.2. The van der Waals surface area contributed by atoms with E-state index in [1.807, 2.05) is 37.2 Å². The maximum absolute atomic E-state index is 12.3. The van der Waals surface area contributed by atoms with Crippen LogP contribution in [0.5, 0.6) is 0 Å². The molecule has 2 aromatic rings. The third-order valence-electron chi connectivity index (χ3n) is 4.08. The van der Waals surface area contributed by atoms with E-state index in [2.05, 4.69) is 15.0 Å². The zero-order chi connectivity index (χ0) is 17.1. The monoisotopic (exact) mass is 323 g/mol. The average Bonchev–Trinajstić information content (AvgIpc) is 2.94. The van der Waals surface area contributed by atoms with Crippen LogP contribution in [0.4, 0.5) is 5.82 Å². The fourth-order valence-electron chi connectivity index (χ4n) is 2.85. The summed E-state index contributed by atoms with van der Waals surface area (Å²) in [6.07, 6.45) is 4.98. The highest BCUT2D eigenvalue weighted by Gasteiger charge is 2.15. The van der Waals surface area contributed by atoms with Crippen molar-refractivity contribution in [3.8, 4) is 0 Å². The molecule has 1 aliphatic heterocycles. The number of carbonyl (C=O) groups excluding carboxylic acids is 1. The number of rotatable bonds is 6. The lowest BCUT2D eigenvalue weighted by Crippen LogP contribution is -2.14. The van der Waals surface area contributed by atoms with Gasteiger partial charge in [-0.15, -0.1) is 0 Å². The van der Waals surface area contributed by atoms with Crippen LogP contribution in [0.3, 0.4) is 0 Å². The zero-order valence-corrected chi connectivity index (χ0v) is 14.0. The van der Waals surface area contributed by atoms with Crippen molar-refractivity contribution in [2.45, 2.75) is 25.8 Å². The van der Waals surface area contributed by atoms with Gasteiger partial charge in [0.15, 0.2) is 0 Å². The Labute approximate surface area is 141 Å². The molecular weight excluding hydrogens is 302 g/mol. The van der Waals surface area contributed by atoms with Crippen molar-refractivity contribution >= 4 is 17.4 Å². The van der Waals surface area contributed by atoms with Crippen LogP contribution in [0.1, 0.15) is 28.8 Å². The second-order valence-corrected chi connectivity index (χ2v) is 6.13. The lowest BCUT2D eigenvalue weighted by Gasteiger charge is -2.15. The van der Waals surface area contributed by atoms with Gasteiger partial charge in [-0.3, -0.25) is 14.8 Å². The average molecular weight is 323 g/mol. The van der Waals surface area contributed by atoms with Gasteiger partial charge in [-0.05, 0) is 29.7 Å². The van der Waals surface area contributed by atoms with Crippen molar-refractivity contribution in [3.63, 3.8) is 0 Å². The number of aromatic nitrogens is 2. The van der Waals surface area contributed by atoms with E-state index in [0.717, 1.165) is 28.2 Å². The van der Waals surface area contributed by atoms with Crippen LogP contribution in [-0.4, -0.2) is 35.7 Å². The van der Waals surface area contributed by atoms with Gasteiger partial charge in [-0.2, -0.15) is 0 Å². The van der Waals surface area contributed by atoms with Crippen LogP contribution in [0.25, 0.3) is 0 Å². The lowest BCUT2D eigenvalue weighted by atomic mass is 10.0. The second kappa shape index (κ2) is 6.78. The maximum Gasteiger partial charge on any atom is 0.139 e. The first-order chi connectivity index (χ1) is 11.5. The van der Waals surface area contributed by atoms with Gasteiger partial charge in [0.25, 0.3) is 0 Å². The predicted octanol–water partition coefficient (Wildman–Crippen LogP) is 1.51. The normalized spacial score (nSPS) is 12.7. The SMILES string of the molecule is CN(C)c1ncccc1CCC(=O)Cc1cc2c(cn1)C(N)=NC2. The van der Waals surface area contributed by atoms with E-state index in [4.69, 9.17) is 5.73 Å². The molecule has 0 spiro atoms. The van der Waals surface area contributed by atoms with Crippen molar-refractivity contribution in [1.29, 1.82) is 0 Å². The molecule has 124 valence electrons. The van der Waals surface area contributed by atoms with E-state index in [1.54, 1.807) is 12.4 Å². The number of anilines is 1. The third kappa shape index (κ3) is 3.42. The summed E-state index contributed by atoms with van der Waals surface area (Å²) in [7, 11) is 3.91. The number of nitrogens with two attached hydrogens (primary N) is 1. The molecule has 0 atom stereocenters. The first-order valence-electron chi connectivity index (χ1n) is 7.95. The molecule has 0 aromatic carbocycles. The highest BCUT2D eigenvalue weighted by Crippen LogP contribution is 2.19. The van der Waals surface area contributed by atoms with Gasteiger partial charge in [0.2, 0.25) is 0 Å². The molecular formula is C18H21N5O. The third-order valence-corrected chi connectivity index (χ3v) is 4.08. The summed E-state index contributed by atoms with van der Waals surface area (Å²) in [5.74, 6) is 1.61. The van der Waals surface area contributed by atoms with Crippen LogP contribution >= 0.6 is 0 Å². The molecule has 0 radical (unpaired) electrons. The predicted molar refractivity (Wildman–Crippen MR) is 94.3 cm³/mol. The van der Waals surface area contributed by atoms with Crippen molar-refractivity contribution in [1.82, 2.24) is 9.97 Å². The van der Waals surface area contributed by atoms with Gasteiger partial charge < -0.3 is 10.6 Å². The quantitative estimate of drug-likeness (QED) is 0.871. The van der Waals surface area contributed by atoms with E-state index in [-0.39, 0.29) is 5.78 Å². The van der Waals surface area contributed by atoms with E-state index >= 15 is 0 Å². The molecule has 3 rings (SSSR count). The van der Waals surface area contributed by atoms with Crippen LogP contribution in [0.2, 0.25) is 0 Å². The molecule has 0 saturated heterocycles. The summed E-state index contributed by atoms with van der Waals surface area (Å²) < 4.78 is 0. The molecule has 0 saturated carbocycles. The molecule has 6 nitrogen and oxygen atoms in total. The number of aliphatic imine (C=N–C) groups is 1. The number of hydrogen-bond donors (Lipinski definition) is 1. The van der Waals surface area contributed by atoms with E-state index in [0.29, 0.717) is 31.6 Å². The highest BCUT2D eigenvalue weighted by atomic mass is 16.1. The minimum absolute atomic E-state index is 0.169. The summed E-state index contributed by atoms with van der Waals surface area (Å²) in [6.45, 7) is 0.576. The number of aryl methyl sites for hydroxylation is 1. The Hall–Kier alpha value is -2.76. The minimum Gasteiger partial charge on any atom is -0.383 e. The largest absolute Gasteiger partial charge is 0.383 e. The number of hydrogen-bond acceptors (Lipinski definition) is 6. The van der Waals surface area contributed by atoms with Crippen LogP contribution in [0, 0.1) is 0 Å². The van der Waals surface area contributed by atoms with Crippen molar-refractivity contribution in [3.05, 3.63) is 53.0 Å². The number of carbonyl (C=O) groups is 1. The Morgan fingerprint density at radius 2 is 2.17 bits per heavy atom. The van der Waals surface area contributed by atoms with Crippen LogP contribution in [0.15, 0.2) is 35.6 Å². The zero-order valence-electron chi connectivity index (χ0n) is 14.0. The Bertz CT molecular complexity index is 798. The van der Waals surface area contributed by atoms with Gasteiger partial charge in [-0.1, -0.05) is 6.07 Å². The molecule has 0 amide bonds. The Morgan fingerprint density at radius 3 is 2.96 bits per heavy atom. The maximum atomic E-state index is 12.3. The number of amidine groups is 1. The molecule has 0 aliphatic carbocycles. The number of Topliss-reactive ketones (excluding diaryl/α,β-unsaturated/α-hetero) is 1. The molecule has 2 aromatic heterocycles. The van der Waals surface area contributed by atoms with Gasteiger partial charge in [0.1, 0.15) is 17.4 Å².